The van der Waals surface area contributed by atoms with E-state index in [4.69, 9.17) is 0 Å². The first-order valence-electron chi connectivity index (χ1n) is 9.57. The van der Waals surface area contributed by atoms with E-state index in [2.05, 4.69) is 9.88 Å². The summed E-state index contributed by atoms with van der Waals surface area (Å²) in [6, 6.07) is 9.83. The van der Waals surface area contributed by atoms with Crippen LogP contribution in [-0.2, 0) is 16.6 Å². The smallest absolute Gasteiger partial charge is 0.243 e. The molecule has 0 saturated carbocycles. The Morgan fingerprint density at radius 3 is 2.32 bits per heavy atom. The van der Waals surface area contributed by atoms with Crippen molar-refractivity contribution in [2.24, 2.45) is 0 Å². The number of fused-ring (bicyclic) bond motifs is 1. The van der Waals surface area contributed by atoms with E-state index in [0.717, 1.165) is 34.6 Å². The van der Waals surface area contributed by atoms with Crippen LogP contribution < -0.4 is 0 Å². The van der Waals surface area contributed by atoms with Crippen molar-refractivity contribution in [1.29, 1.82) is 0 Å². The van der Waals surface area contributed by atoms with E-state index in [1.807, 2.05) is 67.9 Å². The Kier molecular flexibility index (Phi) is 4.99. The lowest BCUT2D eigenvalue weighted by atomic mass is 10.1. The summed E-state index contributed by atoms with van der Waals surface area (Å²) < 4.78 is 30.1. The third-order valence-corrected chi connectivity index (χ3v) is 7.54. The number of benzene rings is 1. The summed E-state index contributed by atoms with van der Waals surface area (Å²) in [5.74, 6) is 0. The van der Waals surface area contributed by atoms with Gasteiger partial charge in [-0.1, -0.05) is 23.8 Å². The fourth-order valence-electron chi connectivity index (χ4n) is 4.12. The summed E-state index contributed by atoms with van der Waals surface area (Å²) in [7, 11) is -3.47. The average Bonchev–Trinajstić information content (AvgIpc) is 3.03. The molecule has 1 aliphatic heterocycles. The maximum absolute atomic E-state index is 13.2. The third-order valence-electron chi connectivity index (χ3n) is 5.33. The number of piperazine rings is 1. The lowest BCUT2D eigenvalue weighted by Crippen LogP contribution is -2.48. The van der Waals surface area contributed by atoms with Gasteiger partial charge in [0, 0.05) is 45.1 Å². The molecule has 2 aromatic heterocycles. The largest absolute Gasteiger partial charge is 0.307 e. The van der Waals surface area contributed by atoms with Gasteiger partial charge >= 0.3 is 0 Å². The summed E-state index contributed by atoms with van der Waals surface area (Å²) in [4.78, 5) is 7.37. The molecule has 0 spiro atoms. The second kappa shape index (κ2) is 7.31. The number of hydrogen-bond donors (Lipinski definition) is 0. The van der Waals surface area contributed by atoms with Gasteiger partial charge in [0.05, 0.1) is 10.6 Å². The van der Waals surface area contributed by atoms with E-state index < -0.39 is 10.0 Å². The summed E-state index contributed by atoms with van der Waals surface area (Å²) in [6.45, 7) is 8.91. The molecule has 0 aliphatic carbocycles. The standard InChI is InChI=1S/C21H26N4O2S/c1-16-12-17(2)21(18(3)13-16)28(26,27)25-10-8-23(9-11-25)14-19-15-24-7-5-4-6-20(24)22-19/h4-7,12-13,15H,8-11,14H2,1-3H3. The Bertz CT molecular complexity index is 1060. The number of hydrogen-bond acceptors (Lipinski definition) is 4. The molecule has 0 amide bonds. The van der Waals surface area contributed by atoms with Crippen LogP contribution in [-0.4, -0.2) is 53.2 Å². The minimum atomic E-state index is -3.47. The van der Waals surface area contributed by atoms with Crippen LogP contribution in [0.2, 0.25) is 0 Å². The Hall–Kier alpha value is -2.22. The molecule has 3 aromatic rings. The molecule has 0 bridgehead atoms. The molecule has 148 valence electrons. The molecule has 6 nitrogen and oxygen atoms in total. The zero-order valence-electron chi connectivity index (χ0n) is 16.6. The number of nitrogens with zero attached hydrogens (tertiary/aromatic N) is 4. The number of pyridine rings is 1. The molecule has 0 unspecified atom stereocenters. The highest BCUT2D eigenvalue weighted by atomic mass is 32.2. The monoisotopic (exact) mass is 398 g/mol. The first-order valence-corrected chi connectivity index (χ1v) is 11.0. The lowest BCUT2D eigenvalue weighted by molar-refractivity contribution is 0.180. The minimum Gasteiger partial charge on any atom is -0.307 e. The van der Waals surface area contributed by atoms with Crippen molar-refractivity contribution in [2.45, 2.75) is 32.2 Å². The molecule has 3 heterocycles. The van der Waals surface area contributed by atoms with Crippen molar-refractivity contribution in [2.75, 3.05) is 26.2 Å². The average molecular weight is 399 g/mol. The van der Waals surface area contributed by atoms with E-state index in [0.29, 0.717) is 31.1 Å². The van der Waals surface area contributed by atoms with Gasteiger partial charge < -0.3 is 4.40 Å². The molecule has 0 atom stereocenters. The molecule has 1 fully saturated rings. The molecule has 1 aliphatic rings. The zero-order chi connectivity index (χ0) is 19.9. The Morgan fingerprint density at radius 1 is 1.00 bits per heavy atom. The van der Waals surface area contributed by atoms with Gasteiger partial charge in [0.15, 0.2) is 0 Å². The quantitative estimate of drug-likeness (QED) is 0.678. The van der Waals surface area contributed by atoms with E-state index in [1.54, 1.807) is 4.31 Å². The molecule has 7 heteroatoms. The SMILES string of the molecule is Cc1cc(C)c(S(=O)(=O)N2CCN(Cc3cn4ccccc4n3)CC2)c(C)c1. The molecule has 28 heavy (non-hydrogen) atoms. The van der Waals surface area contributed by atoms with Gasteiger partial charge in [0.2, 0.25) is 10.0 Å². The highest BCUT2D eigenvalue weighted by Gasteiger charge is 2.31. The highest BCUT2D eigenvalue weighted by Crippen LogP contribution is 2.26. The van der Waals surface area contributed by atoms with Gasteiger partial charge in [0.1, 0.15) is 5.65 Å². The number of rotatable bonds is 4. The van der Waals surface area contributed by atoms with Crippen LogP contribution >= 0.6 is 0 Å². The molecular formula is C21H26N4O2S. The zero-order valence-corrected chi connectivity index (χ0v) is 17.4. The van der Waals surface area contributed by atoms with Crippen molar-refractivity contribution < 1.29 is 8.42 Å². The summed E-state index contributed by atoms with van der Waals surface area (Å²) in [5.41, 5.74) is 4.68. The number of aromatic nitrogens is 2. The predicted molar refractivity (Wildman–Crippen MR) is 110 cm³/mol. The van der Waals surface area contributed by atoms with Crippen LogP contribution in [0.3, 0.4) is 0 Å². The first kappa shape index (κ1) is 19.1. The second-order valence-electron chi connectivity index (χ2n) is 7.61. The van der Waals surface area contributed by atoms with E-state index >= 15 is 0 Å². The van der Waals surface area contributed by atoms with E-state index in [-0.39, 0.29) is 0 Å². The molecule has 0 N–H and O–H groups in total. The van der Waals surface area contributed by atoms with Crippen LogP contribution in [0.1, 0.15) is 22.4 Å². The molecular weight excluding hydrogens is 372 g/mol. The van der Waals surface area contributed by atoms with Crippen LogP contribution in [0.5, 0.6) is 0 Å². The van der Waals surface area contributed by atoms with Gasteiger partial charge in [-0.3, -0.25) is 4.90 Å². The molecule has 4 rings (SSSR count). The Labute approximate surface area is 166 Å². The van der Waals surface area contributed by atoms with E-state index in [1.165, 1.54) is 0 Å². The Balaban J connectivity index is 1.46. The van der Waals surface area contributed by atoms with Crippen LogP contribution in [0.25, 0.3) is 5.65 Å². The van der Waals surface area contributed by atoms with E-state index in [9.17, 15) is 8.42 Å². The van der Waals surface area contributed by atoms with Gasteiger partial charge in [-0.15, -0.1) is 0 Å². The maximum Gasteiger partial charge on any atom is 0.243 e. The van der Waals surface area contributed by atoms with Crippen LogP contribution in [0, 0.1) is 20.8 Å². The second-order valence-corrected chi connectivity index (χ2v) is 9.48. The summed E-state index contributed by atoms with van der Waals surface area (Å²) in [6.07, 6.45) is 4.03. The number of imidazole rings is 1. The van der Waals surface area contributed by atoms with Crippen molar-refractivity contribution in [3.8, 4) is 0 Å². The number of aryl methyl sites for hydroxylation is 3. The first-order chi connectivity index (χ1) is 13.3. The maximum atomic E-state index is 13.2. The summed E-state index contributed by atoms with van der Waals surface area (Å²) >= 11 is 0. The molecule has 1 aromatic carbocycles. The van der Waals surface area contributed by atoms with Crippen molar-refractivity contribution in [3.63, 3.8) is 0 Å². The number of sulfonamides is 1. The van der Waals surface area contributed by atoms with Crippen molar-refractivity contribution in [3.05, 3.63) is 65.1 Å². The van der Waals surface area contributed by atoms with Crippen LogP contribution in [0.15, 0.2) is 47.6 Å². The fourth-order valence-corrected chi connectivity index (χ4v) is 5.96. The summed E-state index contributed by atoms with van der Waals surface area (Å²) in [5, 5.41) is 0. The third kappa shape index (κ3) is 3.57. The molecule has 1 saturated heterocycles. The van der Waals surface area contributed by atoms with Gasteiger partial charge in [-0.05, 0) is 44.0 Å². The van der Waals surface area contributed by atoms with Crippen LogP contribution in [0.4, 0.5) is 0 Å². The highest BCUT2D eigenvalue weighted by molar-refractivity contribution is 7.89. The minimum absolute atomic E-state index is 0.465. The Morgan fingerprint density at radius 2 is 1.68 bits per heavy atom. The predicted octanol–water partition coefficient (Wildman–Crippen LogP) is 2.77. The van der Waals surface area contributed by atoms with Gasteiger partial charge in [-0.2, -0.15) is 4.31 Å². The van der Waals surface area contributed by atoms with Crippen molar-refractivity contribution in [1.82, 2.24) is 18.6 Å². The van der Waals surface area contributed by atoms with Crippen molar-refractivity contribution >= 4 is 15.7 Å². The van der Waals surface area contributed by atoms with Gasteiger partial charge in [0.25, 0.3) is 0 Å². The lowest BCUT2D eigenvalue weighted by Gasteiger charge is -2.34. The molecule has 0 radical (unpaired) electrons. The topological polar surface area (TPSA) is 57.9 Å². The fraction of sp³-hybridized carbons (Fsp3) is 0.381. The van der Waals surface area contributed by atoms with Gasteiger partial charge in [-0.25, -0.2) is 13.4 Å². The normalized spacial score (nSPS) is 16.7.